The Bertz CT molecular complexity index is 868. The minimum absolute atomic E-state index is 0.686. The van der Waals surface area contributed by atoms with Crippen LogP contribution < -0.4 is 11.1 Å². The first-order chi connectivity index (χ1) is 14.6. The predicted molar refractivity (Wildman–Crippen MR) is 131 cm³/mol. The summed E-state index contributed by atoms with van der Waals surface area (Å²) in [5.74, 6) is 1.42. The molecule has 0 aromatic carbocycles. The number of nitrogens with one attached hydrogen (secondary N) is 1. The average molecular weight is 423 g/mol. The fourth-order valence-electron chi connectivity index (χ4n) is 2.87. The van der Waals surface area contributed by atoms with Gasteiger partial charge in [-0.1, -0.05) is 24.6 Å². The molecule has 0 spiro atoms. The highest BCUT2D eigenvalue weighted by atomic mass is 32.2. The van der Waals surface area contributed by atoms with Gasteiger partial charge in [0, 0.05) is 41.3 Å². The van der Waals surface area contributed by atoms with Crippen molar-refractivity contribution in [3.63, 3.8) is 0 Å². The van der Waals surface area contributed by atoms with Gasteiger partial charge in [-0.05, 0) is 81.2 Å². The number of thioether (sulfide) groups is 1. The van der Waals surface area contributed by atoms with Gasteiger partial charge < -0.3 is 11.1 Å². The van der Waals surface area contributed by atoms with Crippen LogP contribution in [0.1, 0.15) is 59.2 Å². The molecule has 0 atom stereocenters. The quantitative estimate of drug-likeness (QED) is 0.436. The van der Waals surface area contributed by atoms with E-state index in [-0.39, 0.29) is 0 Å². The molecule has 3 N–H and O–H groups in total. The number of allylic oxidation sites excluding steroid dienone is 7. The van der Waals surface area contributed by atoms with Gasteiger partial charge in [-0.25, -0.2) is 9.97 Å². The Labute approximate surface area is 185 Å². The Morgan fingerprint density at radius 2 is 1.97 bits per heavy atom. The largest absolute Gasteiger partial charge is 0.404 e. The van der Waals surface area contributed by atoms with Gasteiger partial charge in [0.2, 0.25) is 0 Å². The molecule has 0 amide bonds. The summed E-state index contributed by atoms with van der Waals surface area (Å²) in [4.78, 5) is 8.60. The minimum atomic E-state index is 0.686. The van der Waals surface area contributed by atoms with Crippen LogP contribution in [0.4, 0.5) is 0 Å². The molecule has 0 bridgehead atoms. The third-order valence-electron chi connectivity index (χ3n) is 4.96. The van der Waals surface area contributed by atoms with Crippen LogP contribution in [0.25, 0.3) is 5.57 Å². The van der Waals surface area contributed by atoms with Crippen LogP contribution in [0, 0.1) is 0 Å². The van der Waals surface area contributed by atoms with E-state index in [1.165, 1.54) is 28.8 Å². The second-order valence-corrected chi connectivity index (χ2v) is 8.18. The molecule has 1 fully saturated rings. The van der Waals surface area contributed by atoms with Crippen LogP contribution in [-0.4, -0.2) is 15.7 Å². The van der Waals surface area contributed by atoms with E-state index in [0.29, 0.717) is 5.82 Å². The van der Waals surface area contributed by atoms with Crippen molar-refractivity contribution in [2.75, 3.05) is 5.75 Å². The molecule has 0 unspecified atom stereocenters. The third-order valence-corrected chi connectivity index (χ3v) is 5.95. The molecule has 1 saturated carbocycles. The molecule has 160 valence electrons. The first-order valence-corrected chi connectivity index (χ1v) is 11.6. The number of rotatable bonds is 10. The fraction of sp³-hybridized carbons (Fsp3) is 0.360. The van der Waals surface area contributed by atoms with Crippen molar-refractivity contribution < 1.29 is 0 Å². The smallest absolute Gasteiger partial charge is 0.157 e. The lowest BCUT2D eigenvalue weighted by Gasteiger charge is -2.24. The number of aromatic nitrogens is 2. The maximum Gasteiger partial charge on any atom is 0.157 e. The Kier molecular flexibility index (Phi) is 10.2. The second kappa shape index (κ2) is 12.9. The van der Waals surface area contributed by atoms with Crippen molar-refractivity contribution in [2.45, 2.75) is 53.4 Å². The topological polar surface area (TPSA) is 63.8 Å². The van der Waals surface area contributed by atoms with Crippen LogP contribution in [0.15, 0.2) is 82.5 Å². The lowest BCUT2D eigenvalue weighted by Crippen LogP contribution is -2.18. The van der Waals surface area contributed by atoms with Crippen molar-refractivity contribution >= 4 is 17.3 Å². The molecule has 1 aliphatic rings. The summed E-state index contributed by atoms with van der Waals surface area (Å²) in [5.41, 5.74) is 13.2. The van der Waals surface area contributed by atoms with Gasteiger partial charge in [-0.2, -0.15) is 0 Å². The molecule has 1 aromatic heterocycles. The highest BCUT2D eigenvalue weighted by Gasteiger charge is 2.16. The normalized spacial score (nSPS) is 16.1. The number of hydrogen-bond acceptors (Lipinski definition) is 5. The fourth-order valence-corrected chi connectivity index (χ4v) is 3.73. The van der Waals surface area contributed by atoms with Crippen LogP contribution in [0.5, 0.6) is 0 Å². The molecule has 1 aromatic rings. The zero-order chi connectivity index (χ0) is 21.8. The Morgan fingerprint density at radius 3 is 2.53 bits per heavy atom. The first-order valence-electron chi connectivity index (χ1n) is 10.5. The Hall–Kier alpha value is -2.53. The van der Waals surface area contributed by atoms with Crippen LogP contribution >= 0.6 is 11.8 Å². The second-order valence-electron chi connectivity index (χ2n) is 7.33. The molecule has 2 rings (SSSR count). The molecule has 0 aliphatic heterocycles. The number of nitrogens with zero attached hydrogens (tertiary/aromatic N) is 2. The van der Waals surface area contributed by atoms with Crippen LogP contribution in [-0.2, 0) is 0 Å². The average Bonchev–Trinajstić information content (AvgIpc) is 2.73. The van der Waals surface area contributed by atoms with Gasteiger partial charge in [-0.15, -0.1) is 11.8 Å². The summed E-state index contributed by atoms with van der Waals surface area (Å²) < 4.78 is 0. The summed E-state index contributed by atoms with van der Waals surface area (Å²) in [5, 5.41) is 5.92. The zero-order valence-corrected chi connectivity index (χ0v) is 19.4. The van der Waals surface area contributed by atoms with E-state index in [0.717, 1.165) is 36.3 Å². The van der Waals surface area contributed by atoms with E-state index in [1.54, 1.807) is 30.4 Å². The molecule has 0 saturated heterocycles. The van der Waals surface area contributed by atoms with E-state index in [9.17, 15) is 0 Å². The Morgan fingerprint density at radius 1 is 1.23 bits per heavy atom. The molecule has 1 aliphatic carbocycles. The maximum atomic E-state index is 5.81. The van der Waals surface area contributed by atoms with E-state index >= 15 is 0 Å². The summed E-state index contributed by atoms with van der Waals surface area (Å²) in [6.07, 6.45) is 18.2. The number of hydrogen-bond donors (Lipinski definition) is 2. The van der Waals surface area contributed by atoms with Crippen molar-refractivity contribution in [2.24, 2.45) is 5.73 Å². The van der Waals surface area contributed by atoms with Gasteiger partial charge >= 0.3 is 0 Å². The van der Waals surface area contributed by atoms with Gasteiger partial charge in [-0.3, -0.25) is 0 Å². The molecule has 4 nitrogen and oxygen atoms in total. The van der Waals surface area contributed by atoms with Gasteiger partial charge in [0.25, 0.3) is 0 Å². The molecule has 1 heterocycles. The summed E-state index contributed by atoms with van der Waals surface area (Å²) >= 11 is 1.72. The lowest BCUT2D eigenvalue weighted by atomic mass is 9.88. The van der Waals surface area contributed by atoms with Gasteiger partial charge in [0.05, 0.1) is 0 Å². The standard InChI is InChI=1S/C25H34N4S/c1-5-7-12-23(15-19(3)6-2)29-24(21-10-8-11-21)20(4)17-30-18-22(16-26)25-27-13-9-14-28-25/h5,7,9,12-17,29H,6,8,10-11,18,26H2,1-4H3/b7-5-,19-15+,20-17+,22-16?,23-12+. The molecular weight excluding hydrogens is 388 g/mol. The third kappa shape index (κ3) is 7.38. The van der Waals surface area contributed by atoms with Crippen molar-refractivity contribution in [1.29, 1.82) is 0 Å². The summed E-state index contributed by atoms with van der Waals surface area (Å²) in [6, 6.07) is 1.81. The lowest BCUT2D eigenvalue weighted by molar-refractivity contribution is 0.642. The van der Waals surface area contributed by atoms with Crippen molar-refractivity contribution in [1.82, 2.24) is 15.3 Å². The molecule has 5 heteroatoms. The van der Waals surface area contributed by atoms with E-state index in [2.05, 4.69) is 65.8 Å². The van der Waals surface area contributed by atoms with E-state index in [1.807, 2.05) is 13.0 Å². The van der Waals surface area contributed by atoms with Crippen molar-refractivity contribution in [3.8, 4) is 0 Å². The predicted octanol–water partition coefficient (Wildman–Crippen LogP) is 6.26. The van der Waals surface area contributed by atoms with Crippen molar-refractivity contribution in [3.05, 3.63) is 88.3 Å². The maximum absolute atomic E-state index is 5.81. The Balaban J connectivity index is 2.16. The number of nitrogens with two attached hydrogens (primary N) is 1. The molecular formula is C25H34N4S. The van der Waals surface area contributed by atoms with Crippen LogP contribution in [0.3, 0.4) is 0 Å². The first kappa shape index (κ1) is 23.7. The SMILES string of the molecule is C\C=C/C=C(\C=C(/C)CC)NC(=C1CCC1)/C(C)=C/SCC(=CN)c1ncccn1. The zero-order valence-electron chi connectivity index (χ0n) is 18.6. The van der Waals surface area contributed by atoms with Gasteiger partial charge in [0.1, 0.15) is 0 Å². The monoisotopic (exact) mass is 422 g/mol. The molecule has 0 radical (unpaired) electrons. The van der Waals surface area contributed by atoms with Gasteiger partial charge in [0.15, 0.2) is 5.82 Å². The highest BCUT2D eigenvalue weighted by molar-refractivity contribution is 8.02. The van der Waals surface area contributed by atoms with E-state index in [4.69, 9.17) is 5.73 Å². The molecule has 30 heavy (non-hydrogen) atoms. The van der Waals surface area contributed by atoms with E-state index < -0.39 is 0 Å². The summed E-state index contributed by atoms with van der Waals surface area (Å²) in [6.45, 7) is 8.57. The van der Waals surface area contributed by atoms with Crippen LogP contribution in [0.2, 0.25) is 0 Å². The highest BCUT2D eigenvalue weighted by Crippen LogP contribution is 2.32. The summed E-state index contributed by atoms with van der Waals surface area (Å²) in [7, 11) is 0. The minimum Gasteiger partial charge on any atom is -0.404 e.